The maximum Gasteiger partial charge on any atom is 0.338 e. The van der Waals surface area contributed by atoms with Gasteiger partial charge in [0.15, 0.2) is 0 Å². The summed E-state index contributed by atoms with van der Waals surface area (Å²) in [6, 6.07) is 6.13. The van der Waals surface area contributed by atoms with Gasteiger partial charge in [-0.15, -0.1) is 0 Å². The van der Waals surface area contributed by atoms with Crippen LogP contribution < -0.4 is 10.6 Å². The molecule has 8 nitrogen and oxygen atoms in total. The molecule has 1 aliphatic rings. The number of hydrogen-bond acceptors (Lipinski definition) is 6. The van der Waals surface area contributed by atoms with Gasteiger partial charge in [0, 0.05) is 22.8 Å². The first-order chi connectivity index (χ1) is 12.4. The van der Waals surface area contributed by atoms with E-state index in [2.05, 4.69) is 10.6 Å². The van der Waals surface area contributed by atoms with Crippen LogP contribution in [0.5, 0.6) is 0 Å². The number of benzene rings is 1. The van der Waals surface area contributed by atoms with Crippen molar-refractivity contribution in [3.05, 3.63) is 46.7 Å². The van der Waals surface area contributed by atoms with Gasteiger partial charge in [-0.1, -0.05) is 12.1 Å². The topological polar surface area (TPSA) is 111 Å². The molecule has 2 rings (SSSR count). The molecule has 1 aromatic rings. The quantitative estimate of drug-likeness (QED) is 0.679. The van der Waals surface area contributed by atoms with Gasteiger partial charge in [0.2, 0.25) is 0 Å². The lowest BCUT2D eigenvalue weighted by Crippen LogP contribution is -2.45. The first-order valence-electron chi connectivity index (χ1n) is 7.90. The third kappa shape index (κ3) is 5.41. The highest BCUT2D eigenvalue weighted by atomic mass is 32.2. The summed E-state index contributed by atoms with van der Waals surface area (Å²) in [6.07, 6.45) is 1.58. The third-order valence-electron chi connectivity index (χ3n) is 3.46. The fraction of sp³-hybridized carbons (Fsp3) is 0.353. The van der Waals surface area contributed by atoms with Crippen molar-refractivity contribution < 1.29 is 28.1 Å². The van der Waals surface area contributed by atoms with Crippen LogP contribution in [0.2, 0.25) is 0 Å². The van der Waals surface area contributed by atoms with E-state index >= 15 is 0 Å². The van der Waals surface area contributed by atoms with E-state index in [0.717, 1.165) is 5.56 Å². The van der Waals surface area contributed by atoms with E-state index in [4.69, 9.17) is 9.47 Å². The highest BCUT2D eigenvalue weighted by Gasteiger charge is 2.24. The number of carbonyl (C=O) groups is 3. The number of carbonyl (C=O) groups excluding carboxylic acids is 3. The molecule has 0 aliphatic carbocycles. The molecule has 0 saturated heterocycles. The van der Waals surface area contributed by atoms with E-state index in [1.54, 1.807) is 37.4 Å². The van der Waals surface area contributed by atoms with E-state index in [1.807, 2.05) is 0 Å². The lowest BCUT2D eigenvalue weighted by molar-refractivity contribution is -0.138. The molecule has 140 valence electrons. The van der Waals surface area contributed by atoms with Gasteiger partial charge in [-0.25, -0.2) is 14.4 Å². The Labute approximate surface area is 153 Å². The summed E-state index contributed by atoms with van der Waals surface area (Å²) in [5.74, 6) is -0.864. The highest BCUT2D eigenvalue weighted by molar-refractivity contribution is 7.83. The largest absolute Gasteiger partial charge is 0.463 e. The van der Waals surface area contributed by atoms with Gasteiger partial charge < -0.3 is 20.1 Å². The molecule has 0 radical (unpaired) electrons. The predicted octanol–water partition coefficient (Wildman–Crippen LogP) is 0.852. The van der Waals surface area contributed by atoms with Crippen molar-refractivity contribution in [1.82, 2.24) is 10.6 Å². The van der Waals surface area contributed by atoms with Crippen molar-refractivity contribution in [3.8, 4) is 0 Å². The average molecular weight is 380 g/mol. The summed E-state index contributed by atoms with van der Waals surface area (Å²) < 4.78 is 21.5. The van der Waals surface area contributed by atoms with Crippen LogP contribution in [0.1, 0.15) is 22.8 Å². The van der Waals surface area contributed by atoms with Gasteiger partial charge in [0.05, 0.1) is 30.0 Å². The summed E-state index contributed by atoms with van der Waals surface area (Å²) in [5, 5.41) is 4.93. The van der Waals surface area contributed by atoms with Crippen LogP contribution in [0, 0.1) is 0 Å². The minimum absolute atomic E-state index is 0.00461. The summed E-state index contributed by atoms with van der Waals surface area (Å²) in [4.78, 5) is 35.7. The molecule has 0 bridgehead atoms. The smallest absolute Gasteiger partial charge is 0.338 e. The zero-order valence-electron chi connectivity index (χ0n) is 14.5. The van der Waals surface area contributed by atoms with Crippen LogP contribution >= 0.6 is 0 Å². The molecule has 9 heteroatoms. The van der Waals surface area contributed by atoms with Gasteiger partial charge in [0.25, 0.3) is 0 Å². The van der Waals surface area contributed by atoms with Crippen molar-refractivity contribution in [2.75, 3.05) is 26.0 Å². The van der Waals surface area contributed by atoms with Gasteiger partial charge in [-0.05, 0) is 24.6 Å². The zero-order chi connectivity index (χ0) is 19.1. The molecule has 1 aromatic carbocycles. The third-order valence-corrected chi connectivity index (χ3v) is 4.20. The predicted molar refractivity (Wildman–Crippen MR) is 94.7 cm³/mol. The summed E-state index contributed by atoms with van der Waals surface area (Å²) in [5.41, 5.74) is 1.44. The maximum absolute atomic E-state index is 12.2. The molecule has 1 unspecified atom stereocenters. The Morgan fingerprint density at radius 3 is 2.69 bits per heavy atom. The van der Waals surface area contributed by atoms with E-state index in [-0.39, 0.29) is 31.0 Å². The molecule has 1 aliphatic heterocycles. The second-order valence-corrected chi connectivity index (χ2v) is 6.91. The Morgan fingerprint density at radius 2 is 2.00 bits per heavy atom. The van der Waals surface area contributed by atoms with Crippen LogP contribution in [0.15, 0.2) is 35.5 Å². The lowest BCUT2D eigenvalue weighted by Gasteiger charge is -2.21. The highest BCUT2D eigenvalue weighted by Crippen LogP contribution is 2.12. The minimum Gasteiger partial charge on any atom is -0.463 e. The van der Waals surface area contributed by atoms with E-state index in [1.165, 1.54) is 0 Å². The van der Waals surface area contributed by atoms with Crippen LogP contribution in [0.4, 0.5) is 4.79 Å². The molecule has 2 N–H and O–H groups in total. The normalized spacial score (nSPS) is 14.9. The van der Waals surface area contributed by atoms with Crippen LogP contribution in [0.3, 0.4) is 0 Å². The number of esters is 2. The molecule has 26 heavy (non-hydrogen) atoms. The van der Waals surface area contributed by atoms with Gasteiger partial charge in [0.1, 0.15) is 6.61 Å². The molecule has 0 aromatic heterocycles. The second-order valence-electron chi connectivity index (χ2n) is 5.48. The first kappa shape index (κ1) is 19.6. The molecular weight excluding hydrogens is 360 g/mol. The fourth-order valence-corrected chi connectivity index (χ4v) is 2.96. The number of hydrogen-bond donors (Lipinski definition) is 2. The SMILES string of the molecule is CCOC(=O)C1=C(COC(=O)c2cccc(CS(C)=O)c2)NC(=O)NC1. The number of amides is 2. The van der Waals surface area contributed by atoms with Gasteiger partial charge >= 0.3 is 18.0 Å². The zero-order valence-corrected chi connectivity index (χ0v) is 15.3. The van der Waals surface area contributed by atoms with Crippen molar-refractivity contribution in [2.24, 2.45) is 0 Å². The molecule has 1 heterocycles. The number of ether oxygens (including phenoxy) is 2. The summed E-state index contributed by atoms with van der Waals surface area (Å²) in [7, 11) is -1.03. The van der Waals surface area contributed by atoms with Crippen molar-refractivity contribution in [1.29, 1.82) is 0 Å². The molecule has 2 amide bonds. The Morgan fingerprint density at radius 1 is 1.23 bits per heavy atom. The van der Waals surface area contributed by atoms with E-state index in [9.17, 15) is 18.6 Å². The average Bonchev–Trinajstić information content (AvgIpc) is 2.59. The summed E-state index contributed by atoms with van der Waals surface area (Å²) in [6.45, 7) is 1.58. The Kier molecular flexibility index (Phi) is 6.90. The molecule has 0 spiro atoms. The monoisotopic (exact) mass is 380 g/mol. The Hall–Kier alpha value is -2.68. The Balaban J connectivity index is 2.09. The van der Waals surface area contributed by atoms with E-state index < -0.39 is 28.8 Å². The molecule has 0 fully saturated rings. The molecule has 1 atom stereocenters. The number of nitrogens with one attached hydrogen (secondary N) is 2. The minimum atomic E-state index is -1.03. The van der Waals surface area contributed by atoms with E-state index in [0.29, 0.717) is 11.3 Å². The van der Waals surface area contributed by atoms with Crippen LogP contribution in [-0.2, 0) is 30.8 Å². The van der Waals surface area contributed by atoms with Gasteiger partial charge in [-0.3, -0.25) is 4.21 Å². The first-order valence-corrected chi connectivity index (χ1v) is 9.63. The fourth-order valence-electron chi connectivity index (χ4n) is 2.31. The Bertz CT molecular complexity index is 774. The number of rotatable bonds is 7. The van der Waals surface area contributed by atoms with Crippen molar-refractivity contribution >= 4 is 28.8 Å². The van der Waals surface area contributed by atoms with Crippen LogP contribution in [0.25, 0.3) is 0 Å². The second kappa shape index (κ2) is 9.14. The molecule has 0 saturated carbocycles. The number of urea groups is 1. The van der Waals surface area contributed by atoms with Crippen molar-refractivity contribution in [3.63, 3.8) is 0 Å². The van der Waals surface area contributed by atoms with Gasteiger partial charge in [-0.2, -0.15) is 0 Å². The standard InChI is InChI=1S/C17H20N2O6S/c1-3-24-16(21)13-8-18-17(22)19-14(13)9-25-15(20)12-6-4-5-11(7-12)10-26(2)23/h4-7H,3,8-10H2,1-2H3,(H2,18,19,22). The lowest BCUT2D eigenvalue weighted by atomic mass is 10.1. The van der Waals surface area contributed by atoms with Crippen molar-refractivity contribution in [2.45, 2.75) is 12.7 Å². The molecular formula is C17H20N2O6S. The maximum atomic E-state index is 12.2. The van der Waals surface area contributed by atoms with Crippen LogP contribution in [-0.4, -0.2) is 48.2 Å². The summed E-state index contributed by atoms with van der Waals surface area (Å²) >= 11 is 0.